The molecule has 1 heterocycles. The Kier molecular flexibility index (Phi) is 4.34. The first kappa shape index (κ1) is 12.3. The molecule has 0 aliphatic carbocycles. The molecule has 1 N–H and O–H groups in total. The maximum absolute atomic E-state index is 8.84. The Hall–Kier alpha value is -1.13. The van der Waals surface area contributed by atoms with Gasteiger partial charge in [-0.1, -0.05) is 28.1 Å². The standard InChI is InChI=1S/C13H15BrN2O/c14-12-5-3-11(4-6-12)9-16-10-15-8-13(16)2-1-7-17/h3-6,8,10,17H,1-2,7,9H2. The molecule has 4 heteroatoms. The topological polar surface area (TPSA) is 38.1 Å². The summed E-state index contributed by atoms with van der Waals surface area (Å²) in [6, 6.07) is 8.28. The highest BCUT2D eigenvalue weighted by molar-refractivity contribution is 9.10. The van der Waals surface area contributed by atoms with E-state index in [1.807, 2.05) is 24.7 Å². The van der Waals surface area contributed by atoms with Gasteiger partial charge in [0.05, 0.1) is 6.33 Å². The van der Waals surface area contributed by atoms with Crippen LogP contribution in [0.15, 0.2) is 41.3 Å². The molecule has 1 aromatic heterocycles. The largest absolute Gasteiger partial charge is 0.396 e. The first-order valence-electron chi connectivity index (χ1n) is 5.64. The van der Waals surface area contributed by atoms with E-state index in [1.54, 1.807) is 0 Å². The van der Waals surface area contributed by atoms with Gasteiger partial charge in [-0.15, -0.1) is 0 Å². The number of aryl methyl sites for hydroxylation is 1. The summed E-state index contributed by atoms with van der Waals surface area (Å²) in [6.45, 7) is 1.05. The molecule has 0 amide bonds. The summed E-state index contributed by atoms with van der Waals surface area (Å²) in [4.78, 5) is 4.16. The summed E-state index contributed by atoms with van der Waals surface area (Å²) in [5.41, 5.74) is 2.42. The van der Waals surface area contributed by atoms with Crippen molar-refractivity contribution in [2.75, 3.05) is 6.61 Å². The number of nitrogens with zero attached hydrogens (tertiary/aromatic N) is 2. The highest BCUT2D eigenvalue weighted by Gasteiger charge is 2.02. The van der Waals surface area contributed by atoms with E-state index < -0.39 is 0 Å². The second-order valence-electron chi connectivity index (χ2n) is 3.97. The van der Waals surface area contributed by atoms with Crippen LogP contribution in [0.2, 0.25) is 0 Å². The van der Waals surface area contributed by atoms with E-state index in [4.69, 9.17) is 5.11 Å². The van der Waals surface area contributed by atoms with Crippen LogP contribution in [0.25, 0.3) is 0 Å². The maximum atomic E-state index is 8.84. The van der Waals surface area contributed by atoms with Gasteiger partial charge in [-0.2, -0.15) is 0 Å². The molecular formula is C13H15BrN2O. The molecule has 0 aliphatic rings. The predicted octanol–water partition coefficient (Wildman–Crippen LogP) is 2.62. The number of hydrogen-bond donors (Lipinski definition) is 1. The molecule has 0 fully saturated rings. The van der Waals surface area contributed by atoms with Crippen molar-refractivity contribution in [3.05, 3.63) is 52.5 Å². The molecule has 17 heavy (non-hydrogen) atoms. The molecule has 0 saturated heterocycles. The first-order valence-corrected chi connectivity index (χ1v) is 6.43. The number of aliphatic hydroxyl groups is 1. The molecule has 3 nitrogen and oxygen atoms in total. The minimum Gasteiger partial charge on any atom is -0.396 e. The summed E-state index contributed by atoms with van der Waals surface area (Å²) in [5, 5.41) is 8.84. The van der Waals surface area contributed by atoms with E-state index in [9.17, 15) is 0 Å². The van der Waals surface area contributed by atoms with Gasteiger partial charge in [0.2, 0.25) is 0 Å². The van der Waals surface area contributed by atoms with E-state index in [-0.39, 0.29) is 6.61 Å². The Bertz CT molecular complexity index is 465. The van der Waals surface area contributed by atoms with Crippen molar-refractivity contribution in [3.8, 4) is 0 Å². The van der Waals surface area contributed by atoms with Crippen LogP contribution >= 0.6 is 15.9 Å². The summed E-state index contributed by atoms with van der Waals surface area (Å²) in [6.07, 6.45) is 5.36. The highest BCUT2D eigenvalue weighted by atomic mass is 79.9. The Morgan fingerprint density at radius 2 is 2.00 bits per heavy atom. The highest BCUT2D eigenvalue weighted by Crippen LogP contribution is 2.13. The van der Waals surface area contributed by atoms with Crippen LogP contribution in [0.4, 0.5) is 0 Å². The van der Waals surface area contributed by atoms with Gasteiger partial charge in [-0.3, -0.25) is 0 Å². The number of aromatic nitrogens is 2. The van der Waals surface area contributed by atoms with Gasteiger partial charge in [0, 0.05) is 29.5 Å². The predicted molar refractivity (Wildman–Crippen MR) is 70.9 cm³/mol. The Morgan fingerprint density at radius 3 is 2.71 bits per heavy atom. The van der Waals surface area contributed by atoms with Gasteiger partial charge < -0.3 is 9.67 Å². The van der Waals surface area contributed by atoms with Crippen LogP contribution in [0.5, 0.6) is 0 Å². The smallest absolute Gasteiger partial charge is 0.0951 e. The van der Waals surface area contributed by atoms with Crippen LogP contribution in [0.1, 0.15) is 17.7 Å². The fraction of sp³-hybridized carbons (Fsp3) is 0.308. The average Bonchev–Trinajstić information content (AvgIpc) is 2.77. The van der Waals surface area contributed by atoms with Gasteiger partial charge >= 0.3 is 0 Å². The van der Waals surface area contributed by atoms with Crippen LogP contribution in [0, 0.1) is 0 Å². The quantitative estimate of drug-likeness (QED) is 0.921. The van der Waals surface area contributed by atoms with E-state index in [0.717, 1.165) is 23.9 Å². The Labute approximate surface area is 109 Å². The van der Waals surface area contributed by atoms with E-state index in [0.29, 0.717) is 0 Å². The molecule has 0 saturated carbocycles. The third-order valence-corrected chi connectivity index (χ3v) is 3.18. The van der Waals surface area contributed by atoms with Crippen molar-refractivity contribution in [2.24, 2.45) is 0 Å². The number of imidazole rings is 1. The number of benzene rings is 1. The zero-order valence-electron chi connectivity index (χ0n) is 9.51. The molecule has 0 aliphatic heterocycles. The third kappa shape index (κ3) is 3.41. The fourth-order valence-electron chi connectivity index (χ4n) is 1.75. The van der Waals surface area contributed by atoms with Crippen LogP contribution in [0.3, 0.4) is 0 Å². The second-order valence-corrected chi connectivity index (χ2v) is 4.88. The van der Waals surface area contributed by atoms with Crippen molar-refractivity contribution in [1.82, 2.24) is 9.55 Å². The van der Waals surface area contributed by atoms with Gasteiger partial charge in [0.1, 0.15) is 0 Å². The lowest BCUT2D eigenvalue weighted by Crippen LogP contribution is -2.04. The molecule has 0 atom stereocenters. The lowest BCUT2D eigenvalue weighted by molar-refractivity contribution is 0.287. The van der Waals surface area contributed by atoms with E-state index in [2.05, 4.69) is 37.6 Å². The molecule has 90 valence electrons. The SMILES string of the molecule is OCCCc1cncn1Cc1ccc(Br)cc1. The fourth-order valence-corrected chi connectivity index (χ4v) is 2.01. The average molecular weight is 295 g/mol. The van der Waals surface area contributed by atoms with Crippen molar-refractivity contribution >= 4 is 15.9 Å². The van der Waals surface area contributed by atoms with E-state index >= 15 is 0 Å². The molecule has 1 aromatic carbocycles. The monoisotopic (exact) mass is 294 g/mol. The van der Waals surface area contributed by atoms with Crippen LogP contribution < -0.4 is 0 Å². The normalized spacial score (nSPS) is 10.7. The van der Waals surface area contributed by atoms with Gasteiger partial charge in [-0.05, 0) is 30.5 Å². The third-order valence-electron chi connectivity index (χ3n) is 2.66. The molecule has 2 aromatic rings. The van der Waals surface area contributed by atoms with Crippen molar-refractivity contribution in [3.63, 3.8) is 0 Å². The molecule has 0 unspecified atom stereocenters. The lowest BCUT2D eigenvalue weighted by Gasteiger charge is -2.07. The summed E-state index contributed by atoms with van der Waals surface area (Å²) in [7, 11) is 0. The summed E-state index contributed by atoms with van der Waals surface area (Å²) < 4.78 is 3.21. The molecule has 0 radical (unpaired) electrons. The number of halogens is 1. The van der Waals surface area contributed by atoms with E-state index in [1.165, 1.54) is 11.3 Å². The molecule has 0 bridgehead atoms. The maximum Gasteiger partial charge on any atom is 0.0951 e. The van der Waals surface area contributed by atoms with Crippen molar-refractivity contribution < 1.29 is 5.11 Å². The lowest BCUT2D eigenvalue weighted by atomic mass is 10.2. The van der Waals surface area contributed by atoms with Crippen molar-refractivity contribution in [2.45, 2.75) is 19.4 Å². The van der Waals surface area contributed by atoms with Crippen molar-refractivity contribution in [1.29, 1.82) is 0 Å². The number of hydrogen-bond acceptors (Lipinski definition) is 2. The number of aliphatic hydroxyl groups excluding tert-OH is 1. The molecule has 0 spiro atoms. The van der Waals surface area contributed by atoms with Crippen LogP contribution in [-0.4, -0.2) is 21.3 Å². The first-order chi connectivity index (χ1) is 8.29. The number of rotatable bonds is 5. The van der Waals surface area contributed by atoms with Gasteiger partial charge in [0.25, 0.3) is 0 Å². The van der Waals surface area contributed by atoms with Gasteiger partial charge in [0.15, 0.2) is 0 Å². The summed E-state index contributed by atoms with van der Waals surface area (Å²) in [5.74, 6) is 0. The zero-order valence-corrected chi connectivity index (χ0v) is 11.1. The molecular weight excluding hydrogens is 280 g/mol. The second kappa shape index (κ2) is 5.98. The Morgan fingerprint density at radius 1 is 1.24 bits per heavy atom. The Balaban J connectivity index is 2.07. The van der Waals surface area contributed by atoms with Crippen LogP contribution in [-0.2, 0) is 13.0 Å². The van der Waals surface area contributed by atoms with Gasteiger partial charge in [-0.25, -0.2) is 4.98 Å². The minimum absolute atomic E-state index is 0.226. The molecule has 2 rings (SSSR count). The zero-order chi connectivity index (χ0) is 12.1. The summed E-state index contributed by atoms with van der Waals surface area (Å²) >= 11 is 3.43. The minimum atomic E-state index is 0.226.